The fourth-order valence-electron chi connectivity index (χ4n) is 5.26. The molecule has 0 radical (unpaired) electrons. The molecule has 9 nitrogen and oxygen atoms in total. The minimum atomic E-state index is -0.910. The van der Waals surface area contributed by atoms with Gasteiger partial charge in [0.05, 0.1) is 25.2 Å². The zero-order valence-corrected chi connectivity index (χ0v) is 18.8. The van der Waals surface area contributed by atoms with Crippen LogP contribution >= 0.6 is 0 Å². The molecule has 3 heterocycles. The predicted octanol–water partition coefficient (Wildman–Crippen LogP) is 1.56. The van der Waals surface area contributed by atoms with Crippen molar-refractivity contribution in [2.45, 2.75) is 75.6 Å². The third kappa shape index (κ3) is 4.46. The molecule has 31 heavy (non-hydrogen) atoms. The first-order valence-corrected chi connectivity index (χ1v) is 11.1. The van der Waals surface area contributed by atoms with Gasteiger partial charge in [0.25, 0.3) is 0 Å². The molecule has 6 atom stereocenters. The van der Waals surface area contributed by atoms with Crippen LogP contribution in [0.25, 0.3) is 0 Å². The maximum absolute atomic E-state index is 12.7. The summed E-state index contributed by atoms with van der Waals surface area (Å²) >= 11 is 0. The van der Waals surface area contributed by atoms with Gasteiger partial charge in [0.2, 0.25) is 0 Å². The SMILES string of the molecule is CO[C@@H]1[C@H](OC(=O)N2CC(NCC(=O)O)C2)CC[C@]2(CO2)[C@H]1[C@@]1(C)O[C@@H]1CC=C(C)C. The molecular formula is C22H34N2O7. The number of allylic oxidation sites excluding steroid dienone is 1. The number of epoxide rings is 2. The van der Waals surface area contributed by atoms with Gasteiger partial charge in [-0.3, -0.25) is 4.79 Å². The normalized spacial score (nSPS) is 39.0. The van der Waals surface area contributed by atoms with Crippen LogP contribution in [0.1, 0.15) is 40.0 Å². The van der Waals surface area contributed by atoms with E-state index in [1.807, 2.05) is 0 Å². The standard InChI is InChI=1S/C22H34N2O7/c1-13(2)5-6-16-21(3,31-16)19-18(28-4)15(7-8-22(19)12-29-22)30-20(27)24-10-14(11-24)23-9-17(25)26/h5,14-16,18-19,23H,6-12H2,1-4H3,(H,25,26)/t15-,16-,18-,19-,21+,22+/m1/s1. The summed E-state index contributed by atoms with van der Waals surface area (Å²) in [6, 6.07) is -0.0151. The van der Waals surface area contributed by atoms with Gasteiger partial charge in [-0.25, -0.2) is 4.79 Å². The van der Waals surface area contributed by atoms with Crippen LogP contribution in [0.5, 0.6) is 0 Å². The van der Waals surface area contributed by atoms with Crippen molar-refractivity contribution in [3.8, 4) is 0 Å². The molecule has 4 fully saturated rings. The van der Waals surface area contributed by atoms with Crippen molar-refractivity contribution in [3.63, 3.8) is 0 Å². The molecule has 0 bridgehead atoms. The second-order valence-corrected chi connectivity index (χ2v) is 9.68. The lowest BCUT2D eigenvalue weighted by molar-refractivity contribution is -0.136. The highest BCUT2D eigenvalue weighted by Gasteiger charge is 2.72. The highest BCUT2D eigenvalue weighted by atomic mass is 16.6. The van der Waals surface area contributed by atoms with Crippen LogP contribution in [0.15, 0.2) is 11.6 Å². The number of hydrogen-bond acceptors (Lipinski definition) is 7. The Kier molecular flexibility index (Phi) is 6.06. The van der Waals surface area contributed by atoms with Crippen LogP contribution in [0.2, 0.25) is 0 Å². The predicted molar refractivity (Wildman–Crippen MR) is 111 cm³/mol. The zero-order chi connectivity index (χ0) is 22.4. The number of carboxylic acids is 1. The average molecular weight is 439 g/mol. The highest BCUT2D eigenvalue weighted by molar-refractivity contribution is 5.70. The monoisotopic (exact) mass is 438 g/mol. The van der Waals surface area contributed by atoms with Crippen LogP contribution in [-0.2, 0) is 23.7 Å². The lowest BCUT2D eigenvalue weighted by Gasteiger charge is -2.44. The van der Waals surface area contributed by atoms with E-state index in [0.717, 1.165) is 12.8 Å². The second-order valence-electron chi connectivity index (χ2n) is 9.68. The summed E-state index contributed by atoms with van der Waals surface area (Å²) in [4.78, 5) is 24.9. The molecule has 1 spiro atoms. The molecule has 4 rings (SSSR count). The van der Waals surface area contributed by atoms with Crippen molar-refractivity contribution in [1.29, 1.82) is 0 Å². The molecule has 3 saturated heterocycles. The average Bonchev–Trinajstić information content (AvgIpc) is 3.57. The molecule has 4 aliphatic rings. The van der Waals surface area contributed by atoms with E-state index in [-0.39, 0.29) is 54.1 Å². The van der Waals surface area contributed by atoms with Gasteiger partial charge >= 0.3 is 12.1 Å². The third-order valence-electron chi connectivity index (χ3n) is 7.17. The van der Waals surface area contributed by atoms with Crippen molar-refractivity contribution in [3.05, 3.63) is 11.6 Å². The largest absolute Gasteiger partial charge is 0.480 e. The number of carbonyl (C=O) groups excluding carboxylic acids is 1. The molecule has 174 valence electrons. The number of nitrogens with one attached hydrogen (secondary N) is 1. The van der Waals surface area contributed by atoms with E-state index in [1.165, 1.54) is 5.57 Å². The van der Waals surface area contributed by atoms with Crippen LogP contribution in [0.4, 0.5) is 4.79 Å². The zero-order valence-electron chi connectivity index (χ0n) is 18.8. The van der Waals surface area contributed by atoms with E-state index in [2.05, 4.69) is 32.2 Å². The topological polar surface area (TPSA) is 113 Å². The minimum Gasteiger partial charge on any atom is -0.480 e. The van der Waals surface area contributed by atoms with Crippen molar-refractivity contribution in [1.82, 2.24) is 10.2 Å². The fourth-order valence-corrected chi connectivity index (χ4v) is 5.26. The number of likely N-dealkylation sites (tertiary alicyclic amines) is 1. The van der Waals surface area contributed by atoms with E-state index in [9.17, 15) is 9.59 Å². The molecular weight excluding hydrogens is 404 g/mol. The van der Waals surface area contributed by atoms with Crippen molar-refractivity contribution < 1.29 is 33.6 Å². The quantitative estimate of drug-likeness (QED) is 0.434. The van der Waals surface area contributed by atoms with Crippen molar-refractivity contribution in [2.24, 2.45) is 5.92 Å². The summed E-state index contributed by atoms with van der Waals surface area (Å²) in [5.74, 6) is -0.916. The van der Waals surface area contributed by atoms with Gasteiger partial charge in [-0.15, -0.1) is 0 Å². The fraction of sp³-hybridized carbons (Fsp3) is 0.818. The van der Waals surface area contributed by atoms with Gasteiger partial charge in [0.1, 0.15) is 23.4 Å². The van der Waals surface area contributed by atoms with Crippen LogP contribution < -0.4 is 5.32 Å². The number of carboxylic acid groups (broad SMARTS) is 1. The van der Waals surface area contributed by atoms with Gasteiger partial charge in [-0.1, -0.05) is 11.6 Å². The molecule has 0 aromatic rings. The van der Waals surface area contributed by atoms with E-state index in [0.29, 0.717) is 26.1 Å². The van der Waals surface area contributed by atoms with Gasteiger partial charge in [0, 0.05) is 26.2 Å². The molecule has 3 aliphatic heterocycles. The van der Waals surface area contributed by atoms with Crippen LogP contribution in [0.3, 0.4) is 0 Å². The van der Waals surface area contributed by atoms with E-state index < -0.39 is 5.97 Å². The molecule has 9 heteroatoms. The van der Waals surface area contributed by atoms with E-state index in [4.69, 9.17) is 24.1 Å². The summed E-state index contributed by atoms with van der Waals surface area (Å²) in [6.07, 6.45) is 3.60. The first-order chi connectivity index (χ1) is 14.7. The summed E-state index contributed by atoms with van der Waals surface area (Å²) in [5.41, 5.74) is 0.650. The van der Waals surface area contributed by atoms with Gasteiger partial charge in [-0.2, -0.15) is 0 Å². The van der Waals surface area contributed by atoms with E-state index >= 15 is 0 Å². The highest BCUT2D eigenvalue weighted by Crippen LogP contribution is 2.59. The molecule has 1 amide bonds. The molecule has 2 N–H and O–H groups in total. The molecule has 1 saturated carbocycles. The minimum absolute atomic E-state index is 0.00603. The van der Waals surface area contributed by atoms with Gasteiger partial charge in [-0.05, 0) is 40.0 Å². The Bertz CT molecular complexity index is 742. The number of hydrogen-bond donors (Lipinski definition) is 2. The lowest BCUT2D eigenvalue weighted by atomic mass is 9.68. The lowest BCUT2D eigenvalue weighted by Crippen LogP contribution is -2.62. The smallest absolute Gasteiger partial charge is 0.410 e. The van der Waals surface area contributed by atoms with Crippen LogP contribution in [-0.4, -0.2) is 91.0 Å². The van der Waals surface area contributed by atoms with Gasteiger partial charge < -0.3 is 34.3 Å². The number of rotatable bonds is 8. The molecule has 0 unspecified atom stereocenters. The third-order valence-corrected chi connectivity index (χ3v) is 7.17. The number of ether oxygens (including phenoxy) is 4. The Balaban J connectivity index is 1.37. The molecule has 1 aliphatic carbocycles. The second kappa shape index (κ2) is 8.35. The molecule has 0 aromatic heterocycles. The Labute approximate surface area is 183 Å². The first kappa shape index (κ1) is 22.5. The van der Waals surface area contributed by atoms with E-state index in [1.54, 1.807) is 12.0 Å². The van der Waals surface area contributed by atoms with Crippen molar-refractivity contribution >= 4 is 12.1 Å². The first-order valence-electron chi connectivity index (χ1n) is 11.1. The Morgan fingerprint density at radius 2 is 2.03 bits per heavy atom. The van der Waals surface area contributed by atoms with Gasteiger partial charge in [0.15, 0.2) is 0 Å². The number of amides is 1. The summed E-state index contributed by atoms with van der Waals surface area (Å²) < 4.78 is 23.9. The maximum Gasteiger partial charge on any atom is 0.410 e. The molecule has 0 aromatic carbocycles. The number of carbonyl (C=O) groups is 2. The summed E-state index contributed by atoms with van der Waals surface area (Å²) in [7, 11) is 1.66. The van der Waals surface area contributed by atoms with Crippen molar-refractivity contribution in [2.75, 3.05) is 33.4 Å². The Morgan fingerprint density at radius 1 is 1.32 bits per heavy atom. The Morgan fingerprint density at radius 3 is 2.61 bits per heavy atom. The Hall–Kier alpha value is -1.68. The maximum atomic E-state index is 12.7. The number of aliphatic carboxylic acids is 1. The number of methoxy groups -OCH3 is 1. The summed E-state index contributed by atoms with van der Waals surface area (Å²) in [5, 5.41) is 11.6. The summed E-state index contributed by atoms with van der Waals surface area (Å²) in [6.45, 7) is 7.74. The number of nitrogens with zero attached hydrogens (tertiary/aromatic N) is 1. The van der Waals surface area contributed by atoms with Crippen LogP contribution in [0, 0.1) is 5.92 Å².